The van der Waals surface area contributed by atoms with Gasteiger partial charge in [0, 0.05) is 26.2 Å². The predicted molar refractivity (Wildman–Crippen MR) is 69.9 cm³/mol. The number of sulfone groups is 1. The molecule has 0 amide bonds. The lowest BCUT2D eigenvalue weighted by Gasteiger charge is -2.26. The molecule has 0 aromatic rings. The molecule has 0 aromatic heterocycles. The van der Waals surface area contributed by atoms with Crippen LogP contribution in [0.3, 0.4) is 0 Å². The Morgan fingerprint density at radius 1 is 1.12 bits per heavy atom. The summed E-state index contributed by atoms with van der Waals surface area (Å²) in [4.78, 5) is 2.25. The minimum atomic E-state index is -2.72. The van der Waals surface area contributed by atoms with Gasteiger partial charge in [0.1, 0.15) is 0 Å². The van der Waals surface area contributed by atoms with Crippen LogP contribution in [0.2, 0.25) is 0 Å². The van der Waals surface area contributed by atoms with Crippen molar-refractivity contribution in [1.29, 1.82) is 0 Å². The van der Waals surface area contributed by atoms with E-state index < -0.39 is 9.84 Å². The van der Waals surface area contributed by atoms with E-state index in [1.54, 1.807) is 0 Å². The zero-order valence-corrected chi connectivity index (χ0v) is 11.3. The van der Waals surface area contributed by atoms with Crippen LogP contribution >= 0.6 is 0 Å². The van der Waals surface area contributed by atoms with Gasteiger partial charge < -0.3 is 10.2 Å². The van der Waals surface area contributed by atoms with Gasteiger partial charge in [0.25, 0.3) is 0 Å². The zero-order chi connectivity index (χ0) is 12.1. The minimum Gasteiger partial charge on any atom is -0.315 e. The Kier molecular flexibility index (Phi) is 4.82. The second-order valence-corrected chi connectivity index (χ2v) is 7.65. The van der Waals surface area contributed by atoms with Crippen LogP contribution in [0.5, 0.6) is 0 Å². The van der Waals surface area contributed by atoms with Crippen LogP contribution in [0.4, 0.5) is 0 Å². The maximum Gasteiger partial charge on any atom is 0.152 e. The molecular formula is C12H24N2O2S. The molecule has 2 rings (SSSR count). The van der Waals surface area contributed by atoms with Crippen molar-refractivity contribution in [1.82, 2.24) is 10.2 Å². The summed E-state index contributed by atoms with van der Waals surface area (Å²) in [5, 5.41) is 3.50. The molecule has 2 fully saturated rings. The molecule has 1 aliphatic carbocycles. The van der Waals surface area contributed by atoms with E-state index in [1.807, 2.05) is 0 Å². The van der Waals surface area contributed by atoms with Crippen LogP contribution < -0.4 is 5.32 Å². The summed E-state index contributed by atoms with van der Waals surface area (Å²) >= 11 is 0. The number of nitrogens with zero attached hydrogens (tertiary/aromatic N) is 1. The molecule has 2 aliphatic rings. The second-order valence-electron chi connectivity index (χ2n) is 5.35. The Bertz CT molecular complexity index is 309. The van der Waals surface area contributed by atoms with Gasteiger partial charge >= 0.3 is 0 Å². The lowest BCUT2D eigenvalue weighted by molar-refractivity contribution is 0.291. The van der Waals surface area contributed by atoms with Crippen molar-refractivity contribution >= 4 is 9.84 Å². The summed E-state index contributed by atoms with van der Waals surface area (Å²) in [6.07, 6.45) is 5.57. The van der Waals surface area contributed by atoms with E-state index in [4.69, 9.17) is 0 Å². The van der Waals surface area contributed by atoms with Crippen LogP contribution in [0.15, 0.2) is 0 Å². The molecular weight excluding hydrogens is 236 g/mol. The van der Waals surface area contributed by atoms with E-state index in [-0.39, 0.29) is 0 Å². The van der Waals surface area contributed by atoms with Crippen molar-refractivity contribution in [3.05, 3.63) is 0 Å². The third-order valence-corrected chi connectivity index (χ3v) is 5.56. The van der Waals surface area contributed by atoms with E-state index in [2.05, 4.69) is 10.2 Å². The van der Waals surface area contributed by atoms with E-state index in [0.717, 1.165) is 25.6 Å². The van der Waals surface area contributed by atoms with Crippen LogP contribution in [-0.2, 0) is 9.84 Å². The summed E-state index contributed by atoms with van der Waals surface area (Å²) in [6.45, 7) is 4.56. The molecule has 1 aliphatic heterocycles. The summed E-state index contributed by atoms with van der Waals surface area (Å²) in [5.41, 5.74) is 0. The van der Waals surface area contributed by atoms with Crippen LogP contribution in [0.25, 0.3) is 0 Å². The van der Waals surface area contributed by atoms with Gasteiger partial charge in [-0.3, -0.25) is 0 Å². The van der Waals surface area contributed by atoms with E-state index in [1.165, 1.54) is 25.7 Å². The van der Waals surface area contributed by atoms with Crippen LogP contribution in [-0.4, -0.2) is 57.5 Å². The minimum absolute atomic E-state index is 0.343. The molecule has 1 N–H and O–H groups in total. The fraction of sp³-hybridized carbons (Fsp3) is 1.00. The molecule has 5 heteroatoms. The maximum atomic E-state index is 11.3. The van der Waals surface area contributed by atoms with Gasteiger partial charge in [0.2, 0.25) is 0 Å². The Morgan fingerprint density at radius 2 is 1.76 bits per heavy atom. The van der Waals surface area contributed by atoms with E-state index in [9.17, 15) is 8.42 Å². The summed E-state index contributed by atoms with van der Waals surface area (Å²) in [7, 11) is -2.72. The molecule has 0 radical (unpaired) electrons. The van der Waals surface area contributed by atoms with Crippen LogP contribution in [0.1, 0.15) is 25.7 Å². The van der Waals surface area contributed by atoms with Crippen molar-refractivity contribution in [3.8, 4) is 0 Å². The molecule has 0 unspecified atom stereocenters. The number of hydrogen-bond acceptors (Lipinski definition) is 4. The predicted octanol–water partition coefficient (Wildman–Crippen LogP) is 0.497. The van der Waals surface area contributed by atoms with Crippen LogP contribution in [0, 0.1) is 5.92 Å². The topological polar surface area (TPSA) is 49.4 Å². The second kappa shape index (κ2) is 6.16. The van der Waals surface area contributed by atoms with Gasteiger partial charge in [-0.25, -0.2) is 8.42 Å². The first-order valence-corrected chi connectivity index (χ1v) is 8.61. The van der Waals surface area contributed by atoms with Gasteiger partial charge in [-0.2, -0.15) is 0 Å². The van der Waals surface area contributed by atoms with E-state index >= 15 is 0 Å². The Balaban J connectivity index is 1.53. The largest absolute Gasteiger partial charge is 0.315 e. The third-order valence-electron chi connectivity index (χ3n) is 3.95. The van der Waals surface area contributed by atoms with Crippen molar-refractivity contribution in [2.24, 2.45) is 5.92 Å². The highest BCUT2D eigenvalue weighted by molar-refractivity contribution is 7.91. The molecule has 0 spiro atoms. The monoisotopic (exact) mass is 260 g/mol. The summed E-state index contributed by atoms with van der Waals surface area (Å²) in [5.74, 6) is 1.57. The molecule has 0 bridgehead atoms. The summed E-state index contributed by atoms with van der Waals surface area (Å²) in [6, 6.07) is 0. The van der Waals surface area contributed by atoms with Gasteiger partial charge in [0.05, 0.1) is 11.5 Å². The van der Waals surface area contributed by atoms with Crippen molar-refractivity contribution < 1.29 is 8.42 Å². The fourth-order valence-corrected chi connectivity index (χ4v) is 4.01. The fourth-order valence-electron chi connectivity index (χ4n) is 2.73. The van der Waals surface area contributed by atoms with Crippen molar-refractivity contribution in [2.75, 3.05) is 44.2 Å². The first-order valence-electron chi connectivity index (χ1n) is 6.79. The Morgan fingerprint density at radius 3 is 2.41 bits per heavy atom. The quantitative estimate of drug-likeness (QED) is 0.731. The van der Waals surface area contributed by atoms with Gasteiger partial charge in [-0.05, 0) is 25.3 Å². The first-order chi connectivity index (χ1) is 8.16. The normalized spacial score (nSPS) is 26.4. The number of nitrogens with one attached hydrogen (secondary N) is 1. The molecule has 100 valence electrons. The molecule has 1 saturated heterocycles. The molecule has 1 heterocycles. The molecule has 4 nitrogen and oxygen atoms in total. The average Bonchev–Trinajstić information content (AvgIpc) is 2.79. The SMILES string of the molecule is O=S1(=O)CCN(CCNCC2CCCC2)CC1. The maximum absolute atomic E-state index is 11.3. The zero-order valence-electron chi connectivity index (χ0n) is 10.5. The lowest BCUT2D eigenvalue weighted by atomic mass is 10.1. The number of hydrogen-bond donors (Lipinski definition) is 1. The Hall–Kier alpha value is -0.130. The summed E-state index contributed by atoms with van der Waals surface area (Å²) < 4.78 is 22.5. The van der Waals surface area contributed by atoms with Gasteiger partial charge in [-0.15, -0.1) is 0 Å². The average molecular weight is 260 g/mol. The smallest absolute Gasteiger partial charge is 0.152 e. The highest BCUT2D eigenvalue weighted by Crippen LogP contribution is 2.23. The first kappa shape index (κ1) is 13.3. The molecule has 1 saturated carbocycles. The standard InChI is InChI=1S/C12H24N2O2S/c15-17(16)9-7-14(8-10-17)6-5-13-11-12-3-1-2-4-12/h12-13H,1-11H2. The highest BCUT2D eigenvalue weighted by Gasteiger charge is 2.21. The highest BCUT2D eigenvalue weighted by atomic mass is 32.2. The number of rotatable bonds is 5. The van der Waals surface area contributed by atoms with Crippen molar-refractivity contribution in [2.45, 2.75) is 25.7 Å². The molecule has 0 atom stereocenters. The van der Waals surface area contributed by atoms with Crippen molar-refractivity contribution in [3.63, 3.8) is 0 Å². The van der Waals surface area contributed by atoms with Gasteiger partial charge in [0.15, 0.2) is 9.84 Å². The van der Waals surface area contributed by atoms with E-state index in [0.29, 0.717) is 24.6 Å². The Labute approximate surface area is 105 Å². The molecule has 17 heavy (non-hydrogen) atoms. The third kappa shape index (κ3) is 4.56. The lowest BCUT2D eigenvalue weighted by Crippen LogP contribution is -2.43. The van der Waals surface area contributed by atoms with Gasteiger partial charge in [-0.1, -0.05) is 12.8 Å². The molecule has 0 aromatic carbocycles.